The molecule has 19 heavy (non-hydrogen) atoms. The predicted molar refractivity (Wildman–Crippen MR) is 79.8 cm³/mol. The Morgan fingerprint density at radius 3 is 2.74 bits per heavy atom. The smallest absolute Gasteiger partial charge is 0.142 e. The first-order chi connectivity index (χ1) is 9.00. The lowest BCUT2D eigenvalue weighted by molar-refractivity contribution is 0.216. The van der Waals surface area contributed by atoms with Crippen LogP contribution in [-0.4, -0.2) is 12.1 Å². The van der Waals surface area contributed by atoms with Gasteiger partial charge in [0.2, 0.25) is 0 Å². The van der Waals surface area contributed by atoms with Crippen molar-refractivity contribution in [3.63, 3.8) is 0 Å². The summed E-state index contributed by atoms with van der Waals surface area (Å²) in [7, 11) is 1.74. The van der Waals surface area contributed by atoms with Crippen LogP contribution in [0.1, 0.15) is 38.4 Å². The highest BCUT2D eigenvalue weighted by atomic mass is 16.5. The fourth-order valence-corrected chi connectivity index (χ4v) is 3.32. The molecule has 2 aromatic rings. The summed E-state index contributed by atoms with van der Waals surface area (Å²) in [4.78, 5) is 3.58. The number of H-pyrrole nitrogens is 1. The summed E-state index contributed by atoms with van der Waals surface area (Å²) in [5.74, 6) is 1.73. The molecule has 0 spiro atoms. The molecule has 1 unspecified atom stereocenters. The van der Waals surface area contributed by atoms with E-state index < -0.39 is 0 Å². The van der Waals surface area contributed by atoms with Crippen molar-refractivity contribution in [2.45, 2.75) is 40.0 Å². The third-order valence-corrected chi connectivity index (χ3v) is 4.63. The lowest BCUT2D eigenvalue weighted by Crippen LogP contribution is -2.26. The van der Waals surface area contributed by atoms with Crippen molar-refractivity contribution in [1.82, 2.24) is 4.98 Å². The number of para-hydroxylation sites is 1. The Morgan fingerprint density at radius 1 is 1.26 bits per heavy atom. The van der Waals surface area contributed by atoms with E-state index in [1.165, 1.54) is 35.0 Å². The fraction of sp³-hybridized carbons (Fsp3) is 0.529. The van der Waals surface area contributed by atoms with Crippen LogP contribution in [0.25, 0.3) is 10.9 Å². The van der Waals surface area contributed by atoms with Gasteiger partial charge in [-0.25, -0.2) is 0 Å². The molecule has 1 heterocycles. The molecule has 102 valence electrons. The van der Waals surface area contributed by atoms with Crippen LogP contribution in [0.5, 0.6) is 5.75 Å². The Hall–Kier alpha value is -1.44. The zero-order valence-corrected chi connectivity index (χ0v) is 12.3. The minimum absolute atomic E-state index is 0.389. The predicted octanol–water partition coefficient (Wildman–Crippen LogP) is 4.33. The van der Waals surface area contributed by atoms with E-state index in [0.717, 1.165) is 18.1 Å². The highest BCUT2D eigenvalue weighted by molar-refractivity contribution is 5.89. The minimum atomic E-state index is 0.389. The molecule has 2 nitrogen and oxygen atoms in total. The fourth-order valence-electron chi connectivity index (χ4n) is 3.32. The summed E-state index contributed by atoms with van der Waals surface area (Å²) in [5.41, 5.74) is 4.49. The van der Waals surface area contributed by atoms with E-state index in [1.807, 2.05) is 6.07 Å². The number of hydrogen-bond donors (Lipinski definition) is 1. The molecule has 0 aliphatic heterocycles. The number of ether oxygens (including phenoxy) is 1. The lowest BCUT2D eigenvalue weighted by Gasteiger charge is -2.34. The summed E-state index contributed by atoms with van der Waals surface area (Å²) in [6.07, 6.45) is 3.63. The second-order valence-electron chi connectivity index (χ2n) is 6.77. The molecule has 0 amide bonds. The van der Waals surface area contributed by atoms with Gasteiger partial charge in [0.05, 0.1) is 12.6 Å². The standard InChI is InChI=1S/C17H23NO/c1-17(2,3)11-8-9-14-13(10-11)12-6-5-7-15(19-4)16(12)18-14/h5-7,11,18H,8-10H2,1-4H3. The van der Waals surface area contributed by atoms with Crippen molar-refractivity contribution in [3.05, 3.63) is 29.5 Å². The average Bonchev–Trinajstić information content (AvgIpc) is 2.75. The normalized spacial score (nSPS) is 19.5. The van der Waals surface area contributed by atoms with Gasteiger partial charge in [-0.15, -0.1) is 0 Å². The second kappa shape index (κ2) is 4.29. The van der Waals surface area contributed by atoms with E-state index in [2.05, 4.69) is 37.9 Å². The number of aryl methyl sites for hydroxylation is 1. The SMILES string of the molecule is COc1cccc2c3c([nH]c12)CCC(C(C)(C)C)C3. The number of nitrogens with one attached hydrogen (secondary N) is 1. The van der Waals surface area contributed by atoms with Gasteiger partial charge in [0.1, 0.15) is 5.75 Å². The van der Waals surface area contributed by atoms with E-state index in [4.69, 9.17) is 4.74 Å². The summed E-state index contributed by atoms with van der Waals surface area (Å²) in [5, 5.41) is 1.35. The zero-order chi connectivity index (χ0) is 13.6. The first-order valence-corrected chi connectivity index (χ1v) is 7.17. The first-order valence-electron chi connectivity index (χ1n) is 7.17. The van der Waals surface area contributed by atoms with Crippen LogP contribution in [0.3, 0.4) is 0 Å². The monoisotopic (exact) mass is 257 g/mol. The molecule has 1 N–H and O–H groups in total. The highest BCUT2D eigenvalue weighted by Crippen LogP contribution is 2.41. The number of aromatic nitrogens is 1. The molecule has 1 aliphatic carbocycles. The van der Waals surface area contributed by atoms with E-state index in [9.17, 15) is 0 Å². The molecule has 0 saturated carbocycles. The quantitative estimate of drug-likeness (QED) is 0.808. The van der Waals surface area contributed by atoms with Gasteiger partial charge in [-0.2, -0.15) is 0 Å². The van der Waals surface area contributed by atoms with Gasteiger partial charge in [0.25, 0.3) is 0 Å². The third-order valence-electron chi connectivity index (χ3n) is 4.63. The van der Waals surface area contributed by atoms with Crippen molar-refractivity contribution in [2.24, 2.45) is 11.3 Å². The van der Waals surface area contributed by atoms with Crippen LogP contribution in [0, 0.1) is 11.3 Å². The Bertz CT molecular complexity index is 603. The highest BCUT2D eigenvalue weighted by Gasteiger charge is 2.30. The first kappa shape index (κ1) is 12.6. The molecular weight excluding hydrogens is 234 g/mol. The molecule has 1 aromatic heterocycles. The van der Waals surface area contributed by atoms with Crippen LogP contribution in [-0.2, 0) is 12.8 Å². The topological polar surface area (TPSA) is 25.0 Å². The summed E-state index contributed by atoms with van der Waals surface area (Å²) < 4.78 is 5.47. The Balaban J connectivity index is 2.09. The van der Waals surface area contributed by atoms with Gasteiger partial charge in [0, 0.05) is 11.1 Å². The van der Waals surface area contributed by atoms with Crippen LogP contribution >= 0.6 is 0 Å². The van der Waals surface area contributed by atoms with Gasteiger partial charge in [-0.1, -0.05) is 32.9 Å². The van der Waals surface area contributed by atoms with Crippen molar-refractivity contribution in [2.75, 3.05) is 7.11 Å². The third kappa shape index (κ3) is 2.03. The van der Waals surface area contributed by atoms with Crippen molar-refractivity contribution < 1.29 is 4.74 Å². The van der Waals surface area contributed by atoms with E-state index in [0.29, 0.717) is 5.41 Å². The average molecular weight is 257 g/mol. The van der Waals surface area contributed by atoms with Crippen molar-refractivity contribution in [1.29, 1.82) is 0 Å². The van der Waals surface area contributed by atoms with Crippen LogP contribution in [0.2, 0.25) is 0 Å². The molecule has 0 radical (unpaired) electrons. The molecular formula is C17H23NO. The minimum Gasteiger partial charge on any atom is -0.495 e. The summed E-state index contributed by atoms with van der Waals surface area (Å²) in [6.45, 7) is 7.08. The van der Waals surface area contributed by atoms with E-state index in [1.54, 1.807) is 7.11 Å². The molecule has 3 rings (SSSR count). The largest absolute Gasteiger partial charge is 0.495 e. The Labute approximate surface area is 115 Å². The van der Waals surface area contributed by atoms with Gasteiger partial charge >= 0.3 is 0 Å². The maximum atomic E-state index is 5.47. The molecule has 1 aromatic carbocycles. The Morgan fingerprint density at radius 2 is 2.05 bits per heavy atom. The molecule has 0 fully saturated rings. The zero-order valence-electron chi connectivity index (χ0n) is 12.3. The molecule has 0 bridgehead atoms. The molecule has 0 saturated heterocycles. The van der Waals surface area contributed by atoms with Gasteiger partial charge in [0.15, 0.2) is 0 Å². The van der Waals surface area contributed by atoms with Crippen LogP contribution in [0.4, 0.5) is 0 Å². The molecule has 1 atom stereocenters. The molecule has 1 aliphatic rings. The van der Waals surface area contributed by atoms with E-state index >= 15 is 0 Å². The van der Waals surface area contributed by atoms with Gasteiger partial charge in [-0.05, 0) is 42.2 Å². The number of hydrogen-bond acceptors (Lipinski definition) is 1. The Kier molecular flexibility index (Phi) is 2.84. The lowest BCUT2D eigenvalue weighted by atomic mass is 9.71. The summed E-state index contributed by atoms with van der Waals surface area (Å²) >= 11 is 0. The maximum absolute atomic E-state index is 5.47. The maximum Gasteiger partial charge on any atom is 0.142 e. The second-order valence-corrected chi connectivity index (χ2v) is 6.77. The van der Waals surface area contributed by atoms with Gasteiger partial charge in [-0.3, -0.25) is 0 Å². The molecule has 2 heteroatoms. The van der Waals surface area contributed by atoms with Crippen LogP contribution in [0.15, 0.2) is 18.2 Å². The van der Waals surface area contributed by atoms with Gasteiger partial charge < -0.3 is 9.72 Å². The summed E-state index contributed by atoms with van der Waals surface area (Å²) in [6, 6.07) is 6.35. The number of fused-ring (bicyclic) bond motifs is 3. The number of aromatic amines is 1. The van der Waals surface area contributed by atoms with E-state index in [-0.39, 0.29) is 0 Å². The van der Waals surface area contributed by atoms with Crippen molar-refractivity contribution in [3.8, 4) is 5.75 Å². The number of methoxy groups -OCH3 is 1. The van der Waals surface area contributed by atoms with Crippen LogP contribution < -0.4 is 4.74 Å². The number of benzene rings is 1. The van der Waals surface area contributed by atoms with Crippen molar-refractivity contribution >= 4 is 10.9 Å². The number of rotatable bonds is 1.